The molecule has 1 aliphatic rings. The third kappa shape index (κ3) is 3.45. The van der Waals surface area contributed by atoms with Gasteiger partial charge in [0.15, 0.2) is 0 Å². The molecule has 24 heavy (non-hydrogen) atoms. The Labute approximate surface area is 140 Å². The number of hydrogen-bond donors (Lipinski definition) is 0. The number of hydrogen-bond acceptors (Lipinski definition) is 5. The molecule has 0 saturated carbocycles. The highest BCUT2D eigenvalue weighted by Crippen LogP contribution is 2.16. The second-order valence-electron chi connectivity index (χ2n) is 5.91. The molecule has 1 saturated heterocycles. The highest BCUT2D eigenvalue weighted by atomic mass is 16.4. The number of aryl methyl sites for hydroxylation is 1. The summed E-state index contributed by atoms with van der Waals surface area (Å²) in [5.74, 6) is 0.629. The Morgan fingerprint density at radius 2 is 1.96 bits per heavy atom. The van der Waals surface area contributed by atoms with Crippen molar-refractivity contribution in [1.29, 1.82) is 0 Å². The summed E-state index contributed by atoms with van der Waals surface area (Å²) in [5.41, 5.74) is 1.15. The predicted molar refractivity (Wildman–Crippen MR) is 85.8 cm³/mol. The number of aromatic nitrogens is 2. The first-order chi connectivity index (χ1) is 11.5. The van der Waals surface area contributed by atoms with Crippen LogP contribution in [0.25, 0.3) is 0 Å². The molecule has 126 valence electrons. The molecule has 0 spiro atoms. The van der Waals surface area contributed by atoms with E-state index in [0.717, 1.165) is 12.0 Å². The van der Waals surface area contributed by atoms with E-state index < -0.39 is 6.04 Å². The van der Waals surface area contributed by atoms with Crippen molar-refractivity contribution in [3.05, 3.63) is 47.7 Å². The fraction of sp³-hybridized carbons (Fsp3) is 0.412. The second-order valence-corrected chi connectivity index (χ2v) is 5.91. The van der Waals surface area contributed by atoms with E-state index in [-0.39, 0.29) is 24.9 Å². The number of carbonyl (C=O) groups is 2. The Morgan fingerprint density at radius 3 is 2.62 bits per heavy atom. The van der Waals surface area contributed by atoms with Gasteiger partial charge in [-0.15, -0.1) is 10.2 Å². The van der Waals surface area contributed by atoms with E-state index in [1.54, 1.807) is 18.7 Å². The molecule has 1 aromatic heterocycles. The summed E-state index contributed by atoms with van der Waals surface area (Å²) in [6.45, 7) is 4.21. The molecule has 1 aliphatic heterocycles. The number of benzene rings is 1. The Kier molecular flexibility index (Phi) is 4.59. The number of nitrogens with zero attached hydrogens (tertiary/aromatic N) is 4. The number of carbonyl (C=O) groups excluding carboxylic acids is 2. The largest absolute Gasteiger partial charge is 0.424 e. The van der Waals surface area contributed by atoms with Crippen LogP contribution in [0, 0.1) is 6.92 Å². The summed E-state index contributed by atoms with van der Waals surface area (Å²) in [6.07, 6.45) is 0.732. The molecule has 2 aromatic rings. The van der Waals surface area contributed by atoms with Gasteiger partial charge in [0, 0.05) is 13.5 Å². The van der Waals surface area contributed by atoms with Gasteiger partial charge in [-0.25, -0.2) is 0 Å². The molecule has 7 heteroatoms. The Balaban J connectivity index is 1.63. The zero-order valence-electron chi connectivity index (χ0n) is 13.8. The van der Waals surface area contributed by atoms with Crippen molar-refractivity contribution in [2.75, 3.05) is 13.1 Å². The SMILES string of the molecule is Cc1nnc(CN2C(=O)CN(CCc3ccccc3)C(=O)[C@@H]2C)o1. The van der Waals surface area contributed by atoms with E-state index in [4.69, 9.17) is 4.42 Å². The van der Waals surface area contributed by atoms with E-state index in [0.29, 0.717) is 18.3 Å². The van der Waals surface area contributed by atoms with Crippen LogP contribution >= 0.6 is 0 Å². The van der Waals surface area contributed by atoms with Crippen molar-refractivity contribution in [3.8, 4) is 0 Å². The molecule has 0 bridgehead atoms. The van der Waals surface area contributed by atoms with Crippen LogP contribution in [-0.4, -0.2) is 50.9 Å². The molecule has 2 heterocycles. The molecule has 2 amide bonds. The molecular weight excluding hydrogens is 308 g/mol. The van der Waals surface area contributed by atoms with Crippen LogP contribution in [0.15, 0.2) is 34.7 Å². The topological polar surface area (TPSA) is 79.5 Å². The third-order valence-electron chi connectivity index (χ3n) is 4.17. The van der Waals surface area contributed by atoms with Crippen LogP contribution in [-0.2, 0) is 22.6 Å². The smallest absolute Gasteiger partial charge is 0.245 e. The average Bonchev–Trinajstić information content (AvgIpc) is 3.00. The molecule has 3 rings (SSSR count). The van der Waals surface area contributed by atoms with Crippen molar-refractivity contribution >= 4 is 11.8 Å². The second kappa shape index (κ2) is 6.82. The van der Waals surface area contributed by atoms with Crippen LogP contribution in [0.4, 0.5) is 0 Å². The van der Waals surface area contributed by atoms with Crippen LogP contribution in [0.1, 0.15) is 24.3 Å². The van der Waals surface area contributed by atoms with Crippen LogP contribution in [0.3, 0.4) is 0 Å². The van der Waals surface area contributed by atoms with Crippen molar-refractivity contribution < 1.29 is 14.0 Å². The quantitative estimate of drug-likeness (QED) is 0.823. The van der Waals surface area contributed by atoms with Crippen molar-refractivity contribution in [2.45, 2.75) is 32.9 Å². The fourth-order valence-corrected chi connectivity index (χ4v) is 2.82. The van der Waals surface area contributed by atoms with E-state index in [9.17, 15) is 9.59 Å². The first-order valence-electron chi connectivity index (χ1n) is 7.96. The minimum atomic E-state index is -0.533. The van der Waals surface area contributed by atoms with Gasteiger partial charge < -0.3 is 14.2 Å². The monoisotopic (exact) mass is 328 g/mol. The van der Waals surface area contributed by atoms with E-state index in [1.807, 2.05) is 30.3 Å². The van der Waals surface area contributed by atoms with Crippen molar-refractivity contribution in [2.24, 2.45) is 0 Å². The first kappa shape index (κ1) is 16.2. The molecule has 0 radical (unpaired) electrons. The number of amides is 2. The van der Waals surface area contributed by atoms with Gasteiger partial charge in [0.25, 0.3) is 0 Å². The molecule has 1 fully saturated rings. The van der Waals surface area contributed by atoms with E-state index in [1.165, 1.54) is 4.90 Å². The van der Waals surface area contributed by atoms with Gasteiger partial charge in [-0.1, -0.05) is 30.3 Å². The number of piperazine rings is 1. The van der Waals surface area contributed by atoms with Gasteiger partial charge in [-0.05, 0) is 18.9 Å². The first-order valence-corrected chi connectivity index (χ1v) is 7.96. The normalized spacial score (nSPS) is 18.3. The van der Waals surface area contributed by atoms with Gasteiger partial charge in [-0.2, -0.15) is 0 Å². The van der Waals surface area contributed by atoms with E-state index in [2.05, 4.69) is 10.2 Å². The van der Waals surface area contributed by atoms with E-state index >= 15 is 0 Å². The lowest BCUT2D eigenvalue weighted by atomic mass is 10.1. The average molecular weight is 328 g/mol. The maximum atomic E-state index is 12.6. The summed E-state index contributed by atoms with van der Waals surface area (Å²) in [5, 5.41) is 7.64. The van der Waals surface area contributed by atoms with Crippen molar-refractivity contribution in [1.82, 2.24) is 20.0 Å². The molecule has 7 nitrogen and oxygen atoms in total. The van der Waals surface area contributed by atoms with Gasteiger partial charge in [0.2, 0.25) is 23.6 Å². The van der Waals surface area contributed by atoms with Crippen LogP contribution in [0.2, 0.25) is 0 Å². The van der Waals surface area contributed by atoms with Crippen molar-refractivity contribution in [3.63, 3.8) is 0 Å². The molecule has 1 aromatic carbocycles. The summed E-state index contributed by atoms with van der Waals surface area (Å²) >= 11 is 0. The lowest BCUT2D eigenvalue weighted by Crippen LogP contribution is -2.58. The fourth-order valence-electron chi connectivity index (χ4n) is 2.82. The van der Waals surface area contributed by atoms with Gasteiger partial charge in [0.1, 0.15) is 6.04 Å². The minimum Gasteiger partial charge on any atom is -0.424 e. The lowest BCUT2D eigenvalue weighted by molar-refractivity contribution is -0.156. The summed E-state index contributed by atoms with van der Waals surface area (Å²) in [6, 6.07) is 9.39. The minimum absolute atomic E-state index is 0.0539. The third-order valence-corrected chi connectivity index (χ3v) is 4.17. The summed E-state index contributed by atoms with van der Waals surface area (Å²) < 4.78 is 5.31. The molecule has 0 aliphatic carbocycles. The molecule has 1 atom stereocenters. The Hall–Kier alpha value is -2.70. The summed E-state index contributed by atoms with van der Waals surface area (Å²) in [4.78, 5) is 28.1. The van der Waals surface area contributed by atoms with Crippen LogP contribution in [0.5, 0.6) is 0 Å². The highest BCUT2D eigenvalue weighted by Gasteiger charge is 2.36. The Bertz CT molecular complexity index is 728. The maximum absolute atomic E-state index is 12.6. The van der Waals surface area contributed by atoms with Crippen LogP contribution < -0.4 is 0 Å². The Morgan fingerprint density at radius 1 is 1.21 bits per heavy atom. The van der Waals surface area contributed by atoms with Gasteiger partial charge in [-0.3, -0.25) is 9.59 Å². The zero-order chi connectivity index (χ0) is 17.1. The maximum Gasteiger partial charge on any atom is 0.245 e. The van der Waals surface area contributed by atoms with Gasteiger partial charge in [0.05, 0.1) is 13.1 Å². The standard InChI is InChI=1S/C17H20N4O3/c1-12-17(23)20(9-8-14-6-4-3-5-7-14)11-16(22)21(12)10-15-19-18-13(2)24-15/h3-7,12H,8-11H2,1-2H3/t12-/m0/s1. The summed E-state index contributed by atoms with van der Waals surface area (Å²) in [7, 11) is 0. The zero-order valence-corrected chi connectivity index (χ0v) is 13.8. The van der Waals surface area contributed by atoms with Gasteiger partial charge >= 0.3 is 0 Å². The lowest BCUT2D eigenvalue weighted by Gasteiger charge is -2.38. The molecule has 0 unspecified atom stereocenters. The molecule has 0 N–H and O–H groups in total. The molecular formula is C17H20N4O3. The predicted octanol–water partition coefficient (Wildman–Crippen LogP) is 1.18. The number of rotatable bonds is 5. The highest BCUT2D eigenvalue weighted by molar-refractivity contribution is 5.94.